The van der Waals surface area contributed by atoms with E-state index in [1.807, 2.05) is 35.5 Å². The predicted molar refractivity (Wildman–Crippen MR) is 132 cm³/mol. The van der Waals surface area contributed by atoms with E-state index in [2.05, 4.69) is 32.8 Å². The molecular formula is C26H27N7O2. The van der Waals surface area contributed by atoms with Crippen LogP contribution in [-0.4, -0.2) is 72.6 Å². The summed E-state index contributed by atoms with van der Waals surface area (Å²) in [4.78, 5) is 37.1. The number of amides is 2. The van der Waals surface area contributed by atoms with E-state index in [0.29, 0.717) is 19.6 Å². The van der Waals surface area contributed by atoms with E-state index in [-0.39, 0.29) is 23.7 Å². The number of hydrogen-bond acceptors (Lipinski definition) is 5. The zero-order valence-corrected chi connectivity index (χ0v) is 19.4. The van der Waals surface area contributed by atoms with Gasteiger partial charge in [-0.25, -0.2) is 4.98 Å². The van der Waals surface area contributed by atoms with Crippen molar-refractivity contribution in [1.82, 2.24) is 34.6 Å². The van der Waals surface area contributed by atoms with Crippen molar-refractivity contribution in [3.8, 4) is 11.1 Å². The maximum atomic E-state index is 13.3. The van der Waals surface area contributed by atoms with E-state index in [4.69, 9.17) is 0 Å². The lowest BCUT2D eigenvalue weighted by Gasteiger charge is -2.33. The van der Waals surface area contributed by atoms with Crippen LogP contribution in [0.5, 0.6) is 0 Å². The number of hydrogen-bond donors (Lipinski definition) is 1. The number of fused-ring (bicyclic) bond motifs is 2. The van der Waals surface area contributed by atoms with Crippen molar-refractivity contribution in [2.45, 2.75) is 25.2 Å². The summed E-state index contributed by atoms with van der Waals surface area (Å²) < 4.78 is 1.63. The van der Waals surface area contributed by atoms with Gasteiger partial charge in [0, 0.05) is 61.1 Å². The third-order valence-corrected chi connectivity index (χ3v) is 7.34. The Morgan fingerprint density at radius 2 is 1.97 bits per heavy atom. The Bertz CT molecular complexity index is 1440. The van der Waals surface area contributed by atoms with Crippen molar-refractivity contribution in [2.75, 3.05) is 26.2 Å². The topological polar surface area (TPSA) is 99.5 Å². The molecule has 9 heteroatoms. The molecule has 2 amide bonds. The van der Waals surface area contributed by atoms with Gasteiger partial charge in [0.2, 0.25) is 11.8 Å². The summed E-state index contributed by atoms with van der Waals surface area (Å²) >= 11 is 0. The number of likely N-dealkylation sites (tertiary alicyclic amines) is 2. The van der Waals surface area contributed by atoms with Crippen molar-refractivity contribution in [2.24, 2.45) is 5.92 Å². The number of carbonyl (C=O) groups is 2. The number of piperidine rings is 1. The molecule has 6 rings (SSSR count). The lowest BCUT2D eigenvalue weighted by atomic mass is 9.96. The Hall–Kier alpha value is -4.01. The fraction of sp³-hybridized carbons (Fsp3) is 0.346. The molecule has 178 valence electrons. The Morgan fingerprint density at radius 3 is 2.86 bits per heavy atom. The van der Waals surface area contributed by atoms with Gasteiger partial charge in [0.05, 0.1) is 17.6 Å². The predicted octanol–water partition coefficient (Wildman–Crippen LogP) is 3.01. The number of pyridine rings is 1. The SMILES string of the molecule is C=CC(=O)N1CCC[C@H](C(=O)N2CCC(c3cc4c(-c5cnn6ncccc56)ccnc4[nH]3)C2)C1. The van der Waals surface area contributed by atoms with Crippen molar-refractivity contribution < 1.29 is 9.59 Å². The molecule has 1 N–H and O–H groups in total. The molecule has 2 fully saturated rings. The van der Waals surface area contributed by atoms with Gasteiger partial charge in [-0.05, 0) is 55.2 Å². The Kier molecular flexibility index (Phi) is 5.32. The molecule has 2 aliphatic heterocycles. The number of aromatic amines is 1. The lowest BCUT2D eigenvalue weighted by molar-refractivity contribution is -0.138. The third kappa shape index (κ3) is 3.77. The first-order valence-corrected chi connectivity index (χ1v) is 12.1. The Morgan fingerprint density at radius 1 is 1.06 bits per heavy atom. The molecule has 4 aromatic heterocycles. The quantitative estimate of drug-likeness (QED) is 0.463. The van der Waals surface area contributed by atoms with E-state index >= 15 is 0 Å². The third-order valence-electron chi connectivity index (χ3n) is 7.34. The van der Waals surface area contributed by atoms with Crippen LogP contribution in [0.3, 0.4) is 0 Å². The molecule has 0 spiro atoms. The molecule has 4 aromatic rings. The van der Waals surface area contributed by atoms with E-state index < -0.39 is 0 Å². The van der Waals surface area contributed by atoms with Gasteiger partial charge in [0.15, 0.2) is 0 Å². The maximum Gasteiger partial charge on any atom is 0.245 e. The van der Waals surface area contributed by atoms with Gasteiger partial charge in [0.1, 0.15) is 5.65 Å². The molecule has 9 nitrogen and oxygen atoms in total. The summed E-state index contributed by atoms with van der Waals surface area (Å²) in [5.41, 5.74) is 4.93. The molecule has 0 aliphatic carbocycles. The second-order valence-electron chi connectivity index (χ2n) is 9.40. The van der Waals surface area contributed by atoms with Crippen LogP contribution in [0.2, 0.25) is 0 Å². The minimum Gasteiger partial charge on any atom is -0.343 e. The van der Waals surface area contributed by atoms with E-state index in [9.17, 15) is 9.59 Å². The van der Waals surface area contributed by atoms with Crippen LogP contribution in [0, 0.1) is 5.92 Å². The summed E-state index contributed by atoms with van der Waals surface area (Å²) in [5.74, 6) is 0.153. The second-order valence-corrected chi connectivity index (χ2v) is 9.40. The van der Waals surface area contributed by atoms with E-state index in [0.717, 1.165) is 59.2 Å². The van der Waals surface area contributed by atoms with Crippen molar-refractivity contribution in [3.63, 3.8) is 0 Å². The highest BCUT2D eigenvalue weighted by atomic mass is 16.2. The number of carbonyl (C=O) groups excluding carboxylic acids is 2. The summed E-state index contributed by atoms with van der Waals surface area (Å²) in [7, 11) is 0. The van der Waals surface area contributed by atoms with Gasteiger partial charge >= 0.3 is 0 Å². The fourth-order valence-corrected chi connectivity index (χ4v) is 5.52. The number of H-pyrrole nitrogens is 1. The molecule has 0 bridgehead atoms. The molecule has 2 atom stereocenters. The van der Waals surface area contributed by atoms with Crippen LogP contribution in [0.15, 0.2) is 55.5 Å². The molecule has 35 heavy (non-hydrogen) atoms. The second kappa shape index (κ2) is 8.65. The zero-order chi connectivity index (χ0) is 23.9. The first kappa shape index (κ1) is 21.5. The summed E-state index contributed by atoms with van der Waals surface area (Å²) in [6.45, 7) is 6.16. The van der Waals surface area contributed by atoms with Crippen LogP contribution >= 0.6 is 0 Å². The fourth-order valence-electron chi connectivity index (χ4n) is 5.52. The largest absolute Gasteiger partial charge is 0.343 e. The molecule has 2 aliphatic rings. The number of nitrogens with one attached hydrogen (secondary N) is 1. The van der Waals surface area contributed by atoms with E-state index in [1.165, 1.54) is 6.08 Å². The molecule has 0 radical (unpaired) electrons. The Labute approximate surface area is 202 Å². The lowest BCUT2D eigenvalue weighted by Crippen LogP contribution is -2.45. The summed E-state index contributed by atoms with van der Waals surface area (Å²) in [6, 6.07) is 8.09. The Balaban J connectivity index is 1.22. The molecule has 0 aromatic carbocycles. The first-order chi connectivity index (χ1) is 17.1. The van der Waals surface area contributed by atoms with Crippen molar-refractivity contribution in [1.29, 1.82) is 0 Å². The van der Waals surface area contributed by atoms with Gasteiger partial charge < -0.3 is 14.8 Å². The molecular weight excluding hydrogens is 442 g/mol. The molecule has 2 saturated heterocycles. The highest BCUT2D eigenvalue weighted by molar-refractivity contribution is 5.97. The van der Waals surface area contributed by atoms with Gasteiger partial charge in [-0.3, -0.25) is 9.59 Å². The van der Waals surface area contributed by atoms with E-state index in [1.54, 1.807) is 15.7 Å². The number of aromatic nitrogens is 5. The van der Waals surface area contributed by atoms with Crippen LogP contribution in [0.1, 0.15) is 30.9 Å². The highest BCUT2D eigenvalue weighted by Crippen LogP contribution is 2.35. The van der Waals surface area contributed by atoms with Gasteiger partial charge in [-0.1, -0.05) is 6.58 Å². The van der Waals surface area contributed by atoms with Crippen LogP contribution in [-0.2, 0) is 9.59 Å². The number of rotatable bonds is 4. The number of nitrogens with zero attached hydrogens (tertiary/aromatic N) is 6. The van der Waals surface area contributed by atoms with Gasteiger partial charge in [0.25, 0.3) is 0 Å². The van der Waals surface area contributed by atoms with Crippen molar-refractivity contribution >= 4 is 28.4 Å². The van der Waals surface area contributed by atoms with Crippen LogP contribution in [0.4, 0.5) is 0 Å². The molecule has 6 heterocycles. The van der Waals surface area contributed by atoms with Crippen LogP contribution < -0.4 is 0 Å². The zero-order valence-electron chi connectivity index (χ0n) is 19.4. The van der Waals surface area contributed by atoms with Gasteiger partial charge in [-0.2, -0.15) is 14.8 Å². The highest BCUT2D eigenvalue weighted by Gasteiger charge is 2.35. The first-order valence-electron chi connectivity index (χ1n) is 12.1. The molecule has 1 unspecified atom stereocenters. The average Bonchev–Trinajstić information content (AvgIpc) is 3.65. The normalized spacial score (nSPS) is 20.6. The van der Waals surface area contributed by atoms with Crippen LogP contribution in [0.25, 0.3) is 27.7 Å². The smallest absolute Gasteiger partial charge is 0.245 e. The van der Waals surface area contributed by atoms with Crippen molar-refractivity contribution in [3.05, 3.63) is 61.2 Å². The standard InChI is InChI=1S/C26H27N7O2/c1-2-24(34)31-11-4-5-18(16-31)26(35)32-12-8-17(15-32)22-13-20-19(7-10-27-25(20)30-22)21-14-29-33-23(21)6-3-9-28-33/h2-3,6-7,9-10,13-14,17-18H,1,4-5,8,11-12,15-16H2,(H,27,30)/t17?,18-/m0/s1. The molecule has 0 saturated carbocycles. The summed E-state index contributed by atoms with van der Waals surface area (Å²) in [5, 5.41) is 9.70. The average molecular weight is 470 g/mol. The minimum absolute atomic E-state index is 0.0924. The minimum atomic E-state index is -0.133. The maximum absolute atomic E-state index is 13.3. The van der Waals surface area contributed by atoms with Gasteiger partial charge in [-0.15, -0.1) is 0 Å². The monoisotopic (exact) mass is 469 g/mol. The summed E-state index contributed by atoms with van der Waals surface area (Å²) in [6.07, 6.45) is 9.27.